The minimum absolute atomic E-state index is 0.0179. The first kappa shape index (κ1) is 29.8. The predicted molar refractivity (Wildman–Crippen MR) is 153 cm³/mol. The molecule has 1 aliphatic rings. The number of nitrogens with zero attached hydrogens (tertiary/aromatic N) is 3. The number of rotatable bonds is 14. The summed E-state index contributed by atoms with van der Waals surface area (Å²) in [6, 6.07) is 17.0. The van der Waals surface area contributed by atoms with Crippen LogP contribution in [0.2, 0.25) is 0 Å². The second-order valence-corrected chi connectivity index (χ2v) is 13.6. The van der Waals surface area contributed by atoms with Crippen molar-refractivity contribution in [2.75, 3.05) is 33.3 Å². The highest BCUT2D eigenvalue weighted by atomic mass is 32.2. The molecule has 0 N–H and O–H groups in total. The van der Waals surface area contributed by atoms with Crippen LogP contribution < -0.4 is 4.74 Å². The molecule has 0 saturated heterocycles. The number of halogens is 1. The average Bonchev–Trinajstić information content (AvgIpc) is 3.65. The van der Waals surface area contributed by atoms with Crippen molar-refractivity contribution in [2.45, 2.75) is 44.6 Å². The first-order chi connectivity index (χ1) is 19.1. The van der Waals surface area contributed by atoms with Crippen LogP contribution in [0.1, 0.15) is 50.8 Å². The molecular weight excluding hydrogens is 553 g/mol. The zero-order chi connectivity index (χ0) is 28.9. The Morgan fingerprint density at radius 3 is 2.35 bits per heavy atom. The van der Waals surface area contributed by atoms with Crippen LogP contribution in [0.4, 0.5) is 4.39 Å². The maximum atomic E-state index is 14.0. The van der Waals surface area contributed by atoms with Crippen molar-refractivity contribution in [3.05, 3.63) is 81.3 Å². The Labute approximate surface area is 238 Å². The highest BCUT2D eigenvalue weighted by Gasteiger charge is 2.53. The minimum atomic E-state index is -3.72. The van der Waals surface area contributed by atoms with Gasteiger partial charge in [-0.2, -0.15) is 0 Å². The van der Waals surface area contributed by atoms with E-state index in [1.165, 1.54) is 31.0 Å². The highest BCUT2D eigenvalue weighted by molar-refractivity contribution is 7.89. The van der Waals surface area contributed by atoms with E-state index in [0.717, 1.165) is 22.7 Å². The molecule has 214 valence electrons. The third kappa shape index (κ3) is 6.94. The van der Waals surface area contributed by atoms with Crippen molar-refractivity contribution in [1.82, 2.24) is 14.2 Å². The standard InChI is InChI=1S/C29H34FN3O5S2/c1-21-27(25(34)19-40(36,37)32(2)3)31-26(39-21)18-33(17-7-10-22-8-5-4-6-9-22)28(35)29(15-16-29)23-11-13-24(14-12-23)38-20-30/h4-6,8-9,11-14H,7,10,15-20H2,1-3H3. The molecule has 3 aromatic rings. The molecule has 40 heavy (non-hydrogen) atoms. The summed E-state index contributed by atoms with van der Waals surface area (Å²) in [7, 11) is -0.952. The molecule has 0 radical (unpaired) electrons. The van der Waals surface area contributed by atoms with E-state index in [-0.39, 0.29) is 18.1 Å². The molecule has 4 rings (SSSR count). The number of sulfonamides is 1. The third-order valence-electron chi connectivity index (χ3n) is 7.11. The van der Waals surface area contributed by atoms with Crippen molar-refractivity contribution < 1.29 is 27.1 Å². The normalized spacial score (nSPS) is 14.2. The van der Waals surface area contributed by atoms with E-state index >= 15 is 0 Å². The van der Waals surface area contributed by atoms with E-state index in [1.807, 2.05) is 30.3 Å². The quantitative estimate of drug-likeness (QED) is 0.257. The maximum absolute atomic E-state index is 14.0. The average molecular weight is 588 g/mol. The molecular formula is C29H34FN3O5S2. The molecule has 1 heterocycles. The Hall–Kier alpha value is -3.15. The van der Waals surface area contributed by atoms with E-state index in [1.54, 1.807) is 24.0 Å². The molecule has 2 aromatic carbocycles. The van der Waals surface area contributed by atoms with Crippen molar-refractivity contribution in [1.29, 1.82) is 0 Å². The summed E-state index contributed by atoms with van der Waals surface area (Å²) in [4.78, 5) is 33.7. The lowest BCUT2D eigenvalue weighted by molar-refractivity contribution is -0.134. The molecule has 0 aliphatic heterocycles. The van der Waals surface area contributed by atoms with Crippen LogP contribution in [0.3, 0.4) is 0 Å². The number of ketones is 1. The van der Waals surface area contributed by atoms with Crippen molar-refractivity contribution in [3.63, 3.8) is 0 Å². The van der Waals surface area contributed by atoms with Crippen molar-refractivity contribution in [3.8, 4) is 5.75 Å². The van der Waals surface area contributed by atoms with Gasteiger partial charge in [-0.25, -0.2) is 22.1 Å². The summed E-state index contributed by atoms with van der Waals surface area (Å²) in [6.07, 6.45) is 2.95. The third-order valence-corrected chi connectivity index (χ3v) is 9.81. The molecule has 0 spiro atoms. The molecule has 1 amide bonds. The van der Waals surface area contributed by atoms with Gasteiger partial charge < -0.3 is 9.64 Å². The predicted octanol–water partition coefficient (Wildman–Crippen LogP) is 4.52. The fourth-order valence-corrected chi connectivity index (χ4v) is 6.36. The number of amides is 1. The Kier molecular flexibility index (Phi) is 9.37. The number of alkyl halides is 1. The summed E-state index contributed by atoms with van der Waals surface area (Å²) in [5, 5.41) is 0.582. The number of aryl methyl sites for hydroxylation is 2. The summed E-state index contributed by atoms with van der Waals surface area (Å²) in [6.45, 7) is 1.53. The van der Waals surface area contributed by atoms with Gasteiger partial charge in [-0.3, -0.25) is 9.59 Å². The lowest BCUT2D eigenvalue weighted by Crippen LogP contribution is -2.39. The molecule has 1 saturated carbocycles. The number of Topliss-reactive ketones (excluding diaryl/α,β-unsaturated/α-hetero) is 1. The molecule has 1 aromatic heterocycles. The van der Waals surface area contributed by atoms with Gasteiger partial charge in [0.2, 0.25) is 22.8 Å². The van der Waals surface area contributed by atoms with E-state index in [0.29, 0.717) is 35.0 Å². The number of carbonyl (C=O) groups is 2. The van der Waals surface area contributed by atoms with Gasteiger partial charge in [0.15, 0.2) is 5.78 Å². The van der Waals surface area contributed by atoms with Gasteiger partial charge in [-0.1, -0.05) is 42.5 Å². The van der Waals surface area contributed by atoms with E-state index in [9.17, 15) is 22.4 Å². The van der Waals surface area contributed by atoms with Gasteiger partial charge in [-0.05, 0) is 55.9 Å². The monoisotopic (exact) mass is 587 g/mol. The van der Waals surface area contributed by atoms with Gasteiger partial charge in [0, 0.05) is 25.5 Å². The van der Waals surface area contributed by atoms with Gasteiger partial charge in [0.1, 0.15) is 22.2 Å². The molecule has 0 bridgehead atoms. The number of hydrogen-bond acceptors (Lipinski definition) is 7. The first-order valence-electron chi connectivity index (χ1n) is 13.1. The molecule has 11 heteroatoms. The Balaban J connectivity index is 1.55. The van der Waals surface area contributed by atoms with E-state index in [4.69, 9.17) is 4.74 Å². The Morgan fingerprint density at radius 1 is 1.07 bits per heavy atom. The molecule has 0 atom stereocenters. The summed E-state index contributed by atoms with van der Waals surface area (Å²) in [5.41, 5.74) is 1.51. The number of thiazole rings is 1. The summed E-state index contributed by atoms with van der Waals surface area (Å²) in [5.74, 6) is -0.837. The van der Waals surface area contributed by atoms with Gasteiger partial charge >= 0.3 is 0 Å². The van der Waals surface area contributed by atoms with Crippen molar-refractivity contribution >= 4 is 33.1 Å². The second kappa shape index (κ2) is 12.6. The number of carbonyl (C=O) groups excluding carboxylic acids is 2. The summed E-state index contributed by atoms with van der Waals surface area (Å²) >= 11 is 1.30. The molecule has 0 unspecified atom stereocenters. The van der Waals surface area contributed by atoms with Gasteiger partial charge in [-0.15, -0.1) is 11.3 Å². The zero-order valence-electron chi connectivity index (χ0n) is 22.9. The lowest BCUT2D eigenvalue weighted by atomic mass is 9.94. The fourth-order valence-electron chi connectivity index (χ4n) is 4.66. The highest BCUT2D eigenvalue weighted by Crippen LogP contribution is 2.50. The molecule has 1 aliphatic carbocycles. The maximum Gasteiger partial charge on any atom is 0.233 e. The first-order valence-corrected chi connectivity index (χ1v) is 15.5. The topological polar surface area (TPSA) is 96.9 Å². The second-order valence-electron chi connectivity index (χ2n) is 10.1. The van der Waals surface area contributed by atoms with Gasteiger partial charge in [0.05, 0.1) is 12.0 Å². The van der Waals surface area contributed by atoms with E-state index in [2.05, 4.69) is 17.1 Å². The van der Waals surface area contributed by atoms with Crippen molar-refractivity contribution in [2.24, 2.45) is 0 Å². The number of benzene rings is 2. The SMILES string of the molecule is Cc1sc(CN(CCCc2ccccc2)C(=O)C2(c3ccc(OCF)cc3)CC2)nc1C(=O)CS(=O)(=O)N(C)C. The van der Waals surface area contributed by atoms with E-state index < -0.39 is 33.8 Å². The molecule has 8 nitrogen and oxygen atoms in total. The molecule has 1 fully saturated rings. The van der Waals surface area contributed by atoms with Gasteiger partial charge in [0.25, 0.3) is 0 Å². The number of hydrogen-bond donors (Lipinski definition) is 0. The minimum Gasteiger partial charge on any atom is -0.463 e. The van der Waals surface area contributed by atoms with Crippen LogP contribution in [-0.2, 0) is 33.2 Å². The smallest absolute Gasteiger partial charge is 0.233 e. The van der Waals surface area contributed by atoms with Crippen LogP contribution in [0.15, 0.2) is 54.6 Å². The van der Waals surface area contributed by atoms with Crippen LogP contribution in [-0.4, -0.2) is 67.6 Å². The fraction of sp³-hybridized carbons (Fsp3) is 0.414. The Bertz CT molecular complexity index is 1440. The number of aromatic nitrogens is 1. The van der Waals surface area contributed by atoms with Crippen LogP contribution in [0.5, 0.6) is 5.75 Å². The number of ether oxygens (including phenoxy) is 1. The summed E-state index contributed by atoms with van der Waals surface area (Å²) < 4.78 is 43.0. The largest absolute Gasteiger partial charge is 0.463 e. The van der Waals surface area contributed by atoms with Crippen LogP contribution in [0.25, 0.3) is 0 Å². The zero-order valence-corrected chi connectivity index (χ0v) is 24.6. The lowest BCUT2D eigenvalue weighted by Gasteiger charge is -2.27. The van der Waals surface area contributed by atoms with Crippen LogP contribution in [0, 0.1) is 6.92 Å². The Morgan fingerprint density at radius 2 is 1.75 bits per heavy atom. The van der Waals surface area contributed by atoms with Crippen LogP contribution >= 0.6 is 11.3 Å².